The Morgan fingerprint density at radius 2 is 2.24 bits per heavy atom. The third kappa shape index (κ3) is 1.98. The second kappa shape index (κ2) is 4.90. The first kappa shape index (κ1) is 12.9. The Labute approximate surface area is 124 Å². The van der Waals surface area contributed by atoms with Crippen molar-refractivity contribution >= 4 is 16.7 Å². The van der Waals surface area contributed by atoms with E-state index in [1.165, 1.54) is 19.3 Å². The van der Waals surface area contributed by atoms with Gasteiger partial charge in [-0.25, -0.2) is 0 Å². The molecule has 21 heavy (non-hydrogen) atoms. The van der Waals surface area contributed by atoms with Crippen LogP contribution in [0.5, 0.6) is 5.75 Å². The lowest BCUT2D eigenvalue weighted by atomic mass is 9.83. The zero-order chi connectivity index (χ0) is 14.4. The maximum atomic E-state index is 13.0. The van der Waals surface area contributed by atoms with Crippen molar-refractivity contribution in [3.05, 3.63) is 30.0 Å². The van der Waals surface area contributed by atoms with Gasteiger partial charge in [0.15, 0.2) is 5.78 Å². The van der Waals surface area contributed by atoms with Crippen molar-refractivity contribution in [3.63, 3.8) is 0 Å². The summed E-state index contributed by atoms with van der Waals surface area (Å²) in [6.07, 6.45) is 6.79. The van der Waals surface area contributed by atoms with Crippen LogP contribution in [-0.4, -0.2) is 17.4 Å². The number of ketones is 1. The molecule has 2 aliphatic rings. The molecule has 2 bridgehead atoms. The van der Waals surface area contributed by atoms with E-state index in [1.807, 2.05) is 31.3 Å². The van der Waals surface area contributed by atoms with Gasteiger partial charge in [-0.2, -0.15) is 0 Å². The Balaban J connectivity index is 1.74. The summed E-state index contributed by atoms with van der Waals surface area (Å²) in [7, 11) is 0. The van der Waals surface area contributed by atoms with E-state index in [0.717, 1.165) is 34.6 Å². The number of hydrogen-bond acceptors (Lipinski definition) is 2. The van der Waals surface area contributed by atoms with Crippen molar-refractivity contribution in [1.82, 2.24) is 4.98 Å². The van der Waals surface area contributed by atoms with Crippen molar-refractivity contribution in [2.75, 3.05) is 6.61 Å². The van der Waals surface area contributed by atoms with Crippen LogP contribution in [0.2, 0.25) is 0 Å². The van der Waals surface area contributed by atoms with Gasteiger partial charge in [0.1, 0.15) is 5.75 Å². The highest BCUT2D eigenvalue weighted by Crippen LogP contribution is 2.49. The van der Waals surface area contributed by atoms with Crippen molar-refractivity contribution in [2.24, 2.45) is 17.8 Å². The number of benzene rings is 1. The molecule has 110 valence electrons. The molecule has 0 aliphatic heterocycles. The minimum atomic E-state index is 0.234. The van der Waals surface area contributed by atoms with E-state index in [0.29, 0.717) is 18.3 Å². The summed E-state index contributed by atoms with van der Waals surface area (Å²) in [5, 5.41) is 0.965. The molecule has 2 saturated carbocycles. The van der Waals surface area contributed by atoms with Crippen LogP contribution in [0.1, 0.15) is 43.0 Å². The largest absolute Gasteiger partial charge is 0.493 e. The van der Waals surface area contributed by atoms with Crippen LogP contribution >= 0.6 is 0 Å². The van der Waals surface area contributed by atoms with Crippen LogP contribution in [0.15, 0.2) is 24.4 Å². The van der Waals surface area contributed by atoms with Gasteiger partial charge in [-0.3, -0.25) is 4.79 Å². The SMILES string of the molecule is CCOc1cccc2[nH]cc(C(=O)C3CC4CCC3C4)c12. The van der Waals surface area contributed by atoms with E-state index in [4.69, 9.17) is 4.74 Å². The number of ether oxygens (including phenoxy) is 1. The lowest BCUT2D eigenvalue weighted by Crippen LogP contribution is -2.20. The predicted octanol–water partition coefficient (Wildman–Crippen LogP) is 4.19. The predicted molar refractivity (Wildman–Crippen MR) is 82.7 cm³/mol. The fourth-order valence-corrected chi connectivity index (χ4v) is 4.39. The zero-order valence-electron chi connectivity index (χ0n) is 12.4. The molecule has 2 aliphatic carbocycles. The van der Waals surface area contributed by atoms with Gasteiger partial charge >= 0.3 is 0 Å². The van der Waals surface area contributed by atoms with Gasteiger partial charge in [-0.15, -0.1) is 0 Å². The van der Waals surface area contributed by atoms with Crippen LogP contribution in [0.4, 0.5) is 0 Å². The molecule has 3 atom stereocenters. The number of Topliss-reactive ketones (excluding diaryl/α,β-unsaturated/α-hetero) is 1. The first-order valence-electron chi connectivity index (χ1n) is 8.05. The summed E-state index contributed by atoms with van der Waals surface area (Å²) >= 11 is 0. The molecule has 0 radical (unpaired) electrons. The minimum Gasteiger partial charge on any atom is -0.493 e. The van der Waals surface area contributed by atoms with Gasteiger partial charge in [-0.05, 0) is 50.2 Å². The van der Waals surface area contributed by atoms with Crippen LogP contribution in [0.25, 0.3) is 10.9 Å². The fraction of sp³-hybridized carbons (Fsp3) is 0.500. The molecule has 2 aromatic rings. The number of hydrogen-bond donors (Lipinski definition) is 1. The molecule has 3 heteroatoms. The molecule has 1 N–H and O–H groups in total. The van der Waals surface area contributed by atoms with Gasteiger partial charge in [0.05, 0.1) is 12.0 Å². The van der Waals surface area contributed by atoms with Gasteiger partial charge in [-0.1, -0.05) is 12.5 Å². The molecule has 1 aromatic heterocycles. The van der Waals surface area contributed by atoms with Crippen LogP contribution in [-0.2, 0) is 0 Å². The molecule has 4 rings (SSSR count). The molecule has 1 aromatic carbocycles. The average Bonchev–Trinajstić information content (AvgIpc) is 3.21. The second-order valence-electron chi connectivity index (χ2n) is 6.46. The van der Waals surface area contributed by atoms with Crippen LogP contribution in [0, 0.1) is 17.8 Å². The van der Waals surface area contributed by atoms with Crippen molar-refractivity contribution in [3.8, 4) is 5.75 Å². The molecule has 3 unspecified atom stereocenters. The number of nitrogens with one attached hydrogen (secondary N) is 1. The van der Waals surface area contributed by atoms with E-state index in [-0.39, 0.29) is 5.92 Å². The Kier molecular flexibility index (Phi) is 3.02. The lowest BCUT2D eigenvalue weighted by Gasteiger charge is -2.20. The van der Waals surface area contributed by atoms with Crippen molar-refractivity contribution in [2.45, 2.75) is 32.6 Å². The van der Waals surface area contributed by atoms with E-state index in [2.05, 4.69) is 4.98 Å². The highest BCUT2D eigenvalue weighted by molar-refractivity contribution is 6.11. The van der Waals surface area contributed by atoms with Gasteiger partial charge in [0.25, 0.3) is 0 Å². The number of H-pyrrole nitrogens is 1. The molecule has 3 nitrogen and oxygen atoms in total. The molecule has 2 fully saturated rings. The van der Waals surface area contributed by atoms with E-state index in [1.54, 1.807) is 0 Å². The van der Waals surface area contributed by atoms with Crippen LogP contribution < -0.4 is 4.74 Å². The maximum absolute atomic E-state index is 13.0. The molecule has 0 saturated heterocycles. The van der Waals surface area contributed by atoms with Crippen molar-refractivity contribution < 1.29 is 9.53 Å². The Morgan fingerprint density at radius 3 is 2.95 bits per heavy atom. The summed E-state index contributed by atoms with van der Waals surface area (Å²) in [4.78, 5) is 16.2. The Morgan fingerprint density at radius 1 is 1.33 bits per heavy atom. The first-order chi connectivity index (χ1) is 10.3. The van der Waals surface area contributed by atoms with Gasteiger partial charge < -0.3 is 9.72 Å². The molecule has 1 heterocycles. The Bertz CT molecular complexity index is 688. The number of aromatic nitrogens is 1. The number of rotatable bonds is 4. The second-order valence-corrected chi connectivity index (χ2v) is 6.46. The molecular weight excluding hydrogens is 262 g/mol. The maximum Gasteiger partial charge on any atom is 0.168 e. The quantitative estimate of drug-likeness (QED) is 0.855. The first-order valence-corrected chi connectivity index (χ1v) is 8.05. The smallest absolute Gasteiger partial charge is 0.168 e. The topological polar surface area (TPSA) is 42.1 Å². The Hall–Kier alpha value is -1.77. The third-order valence-electron chi connectivity index (χ3n) is 5.31. The molecule has 0 spiro atoms. The monoisotopic (exact) mass is 283 g/mol. The van der Waals surface area contributed by atoms with Gasteiger partial charge in [0.2, 0.25) is 0 Å². The lowest BCUT2D eigenvalue weighted by molar-refractivity contribution is 0.0876. The summed E-state index contributed by atoms with van der Waals surface area (Å²) in [5.74, 6) is 2.79. The fourth-order valence-electron chi connectivity index (χ4n) is 4.39. The minimum absolute atomic E-state index is 0.234. The molecule has 0 amide bonds. The summed E-state index contributed by atoms with van der Waals surface area (Å²) in [6.45, 7) is 2.59. The number of carbonyl (C=O) groups is 1. The highest BCUT2D eigenvalue weighted by atomic mass is 16.5. The van der Waals surface area contributed by atoms with Gasteiger partial charge in [0, 0.05) is 23.2 Å². The standard InChI is InChI=1S/C18H21NO2/c1-2-21-16-5-3-4-15-17(16)14(10-19-15)18(20)13-9-11-6-7-12(13)8-11/h3-5,10-13,19H,2,6-9H2,1H3. The zero-order valence-corrected chi connectivity index (χ0v) is 12.4. The van der Waals surface area contributed by atoms with E-state index >= 15 is 0 Å². The summed E-state index contributed by atoms with van der Waals surface area (Å²) in [6, 6.07) is 5.93. The highest BCUT2D eigenvalue weighted by Gasteiger charge is 2.43. The summed E-state index contributed by atoms with van der Waals surface area (Å²) < 4.78 is 5.72. The van der Waals surface area contributed by atoms with Crippen molar-refractivity contribution in [1.29, 1.82) is 0 Å². The number of aromatic amines is 1. The summed E-state index contributed by atoms with van der Waals surface area (Å²) in [5.41, 5.74) is 1.82. The number of fused-ring (bicyclic) bond motifs is 3. The van der Waals surface area contributed by atoms with E-state index < -0.39 is 0 Å². The molecular formula is C18H21NO2. The van der Waals surface area contributed by atoms with Crippen LogP contribution in [0.3, 0.4) is 0 Å². The van der Waals surface area contributed by atoms with E-state index in [9.17, 15) is 4.79 Å². The normalized spacial score (nSPS) is 27.4. The number of carbonyl (C=O) groups excluding carboxylic acids is 1. The third-order valence-corrected chi connectivity index (χ3v) is 5.31. The average molecular weight is 283 g/mol.